The Morgan fingerprint density at radius 1 is 1.08 bits per heavy atom. The highest BCUT2D eigenvalue weighted by Gasteiger charge is 2.06. The first-order valence-electron chi connectivity index (χ1n) is 7.67. The van der Waals surface area contributed by atoms with Gasteiger partial charge in [0.25, 0.3) is 5.91 Å². The predicted octanol–water partition coefficient (Wildman–Crippen LogP) is 3.15. The zero-order chi connectivity index (χ0) is 17.5. The van der Waals surface area contributed by atoms with E-state index in [9.17, 15) is 4.79 Å². The number of benzene rings is 2. The fraction of sp³-hybridized carbons (Fsp3) is 0.263. The zero-order valence-corrected chi connectivity index (χ0v) is 14.4. The smallest absolute Gasteiger partial charge is 0.277 e. The first kappa shape index (κ1) is 17.5. The van der Waals surface area contributed by atoms with Gasteiger partial charge in [0.1, 0.15) is 0 Å². The summed E-state index contributed by atoms with van der Waals surface area (Å²) in [6.07, 6.45) is 1.64. The normalized spacial score (nSPS) is 10.7. The Balaban J connectivity index is 1.90. The average Bonchev–Trinajstić information content (AvgIpc) is 2.60. The number of nitrogens with zero attached hydrogens (tertiary/aromatic N) is 1. The summed E-state index contributed by atoms with van der Waals surface area (Å²) in [5, 5.41) is 3.99. The van der Waals surface area contributed by atoms with Gasteiger partial charge in [-0.2, -0.15) is 5.10 Å². The van der Waals surface area contributed by atoms with Gasteiger partial charge in [-0.3, -0.25) is 4.79 Å². The van der Waals surface area contributed by atoms with E-state index in [-0.39, 0.29) is 12.5 Å². The molecule has 2 rings (SSSR count). The Kier molecular flexibility index (Phi) is 5.95. The fourth-order valence-electron chi connectivity index (χ4n) is 2.20. The molecule has 0 aliphatic rings. The molecule has 0 bridgehead atoms. The maximum absolute atomic E-state index is 11.8. The molecule has 24 heavy (non-hydrogen) atoms. The van der Waals surface area contributed by atoms with Gasteiger partial charge < -0.3 is 9.47 Å². The molecule has 0 atom stereocenters. The lowest BCUT2D eigenvalue weighted by Crippen LogP contribution is -2.24. The van der Waals surface area contributed by atoms with Crippen molar-refractivity contribution < 1.29 is 14.3 Å². The Hall–Kier alpha value is -2.82. The molecule has 0 saturated heterocycles. The van der Waals surface area contributed by atoms with E-state index in [0.29, 0.717) is 11.5 Å². The molecule has 0 heterocycles. The van der Waals surface area contributed by atoms with Crippen LogP contribution in [0, 0.1) is 20.8 Å². The second kappa shape index (κ2) is 8.15. The lowest BCUT2D eigenvalue weighted by molar-refractivity contribution is -0.123. The standard InChI is InChI=1S/C19H22N2O3/c1-13-9-10-16(15(3)14(13)2)11-20-21-19(22)12-24-18-8-6-5-7-17(18)23-4/h5-11H,12H2,1-4H3,(H,21,22)/b20-11-. The van der Waals surface area contributed by atoms with E-state index in [1.807, 2.05) is 31.2 Å². The molecule has 1 N–H and O–H groups in total. The molecule has 5 heteroatoms. The zero-order valence-electron chi connectivity index (χ0n) is 14.4. The summed E-state index contributed by atoms with van der Waals surface area (Å²) in [5.41, 5.74) is 7.05. The minimum Gasteiger partial charge on any atom is -0.493 e. The van der Waals surface area contributed by atoms with Crippen molar-refractivity contribution in [3.8, 4) is 11.5 Å². The van der Waals surface area contributed by atoms with E-state index in [2.05, 4.69) is 24.4 Å². The lowest BCUT2D eigenvalue weighted by Gasteiger charge is -2.09. The number of para-hydroxylation sites is 2. The molecule has 0 aliphatic carbocycles. The molecule has 126 valence electrons. The van der Waals surface area contributed by atoms with Crippen molar-refractivity contribution >= 4 is 12.1 Å². The van der Waals surface area contributed by atoms with Crippen LogP contribution in [0.4, 0.5) is 0 Å². The van der Waals surface area contributed by atoms with E-state index >= 15 is 0 Å². The van der Waals surface area contributed by atoms with Crippen molar-refractivity contribution in [2.75, 3.05) is 13.7 Å². The van der Waals surface area contributed by atoms with Gasteiger partial charge in [-0.15, -0.1) is 0 Å². The van der Waals surface area contributed by atoms with Crippen molar-refractivity contribution in [3.05, 3.63) is 58.7 Å². The summed E-state index contributed by atoms with van der Waals surface area (Å²) in [7, 11) is 1.55. The third-order valence-corrected chi connectivity index (χ3v) is 3.92. The third-order valence-electron chi connectivity index (χ3n) is 3.92. The molecule has 0 aromatic heterocycles. The van der Waals surface area contributed by atoms with Crippen LogP contribution in [0.25, 0.3) is 0 Å². The molecular formula is C19H22N2O3. The Bertz CT molecular complexity index is 754. The van der Waals surface area contributed by atoms with Gasteiger partial charge in [-0.05, 0) is 55.2 Å². The molecule has 0 unspecified atom stereocenters. The summed E-state index contributed by atoms with van der Waals surface area (Å²) < 4.78 is 10.6. The maximum atomic E-state index is 11.8. The molecule has 2 aromatic carbocycles. The van der Waals surface area contributed by atoms with E-state index in [4.69, 9.17) is 9.47 Å². The monoisotopic (exact) mass is 326 g/mol. The molecule has 0 saturated carbocycles. The first-order chi connectivity index (χ1) is 11.5. The summed E-state index contributed by atoms with van der Waals surface area (Å²) in [6.45, 7) is 6.04. The second-order valence-electron chi connectivity index (χ2n) is 5.45. The number of aryl methyl sites for hydroxylation is 1. The van der Waals surface area contributed by atoms with Crippen molar-refractivity contribution in [3.63, 3.8) is 0 Å². The van der Waals surface area contributed by atoms with Gasteiger partial charge in [0.05, 0.1) is 13.3 Å². The number of hydrazone groups is 1. The molecular weight excluding hydrogens is 304 g/mol. The van der Waals surface area contributed by atoms with Crippen LogP contribution in [0.5, 0.6) is 11.5 Å². The summed E-state index contributed by atoms with van der Waals surface area (Å²) in [6, 6.07) is 11.2. The number of carbonyl (C=O) groups is 1. The molecule has 0 aliphatic heterocycles. The first-order valence-corrected chi connectivity index (χ1v) is 7.67. The quantitative estimate of drug-likeness (QED) is 0.655. The number of rotatable bonds is 6. The van der Waals surface area contributed by atoms with Crippen LogP contribution in [-0.2, 0) is 4.79 Å². The Morgan fingerprint density at radius 3 is 2.50 bits per heavy atom. The molecule has 0 radical (unpaired) electrons. The molecule has 5 nitrogen and oxygen atoms in total. The second-order valence-corrected chi connectivity index (χ2v) is 5.45. The SMILES string of the molecule is COc1ccccc1OCC(=O)N/N=C\c1ccc(C)c(C)c1C. The van der Waals surface area contributed by atoms with Gasteiger partial charge >= 0.3 is 0 Å². The number of hydrogen-bond acceptors (Lipinski definition) is 4. The van der Waals surface area contributed by atoms with Crippen LogP contribution in [0.15, 0.2) is 41.5 Å². The van der Waals surface area contributed by atoms with Crippen molar-refractivity contribution in [2.24, 2.45) is 5.10 Å². The number of carbonyl (C=O) groups excluding carboxylic acids is 1. The van der Waals surface area contributed by atoms with E-state index in [1.165, 1.54) is 11.1 Å². The predicted molar refractivity (Wildman–Crippen MR) is 94.9 cm³/mol. The van der Waals surface area contributed by atoms with E-state index in [0.717, 1.165) is 11.1 Å². The van der Waals surface area contributed by atoms with Gasteiger partial charge in [-0.25, -0.2) is 5.43 Å². The van der Waals surface area contributed by atoms with Crippen LogP contribution in [-0.4, -0.2) is 25.8 Å². The lowest BCUT2D eigenvalue weighted by atomic mass is 10.00. The highest BCUT2D eigenvalue weighted by atomic mass is 16.5. The van der Waals surface area contributed by atoms with Gasteiger partial charge in [0.15, 0.2) is 18.1 Å². The summed E-state index contributed by atoms with van der Waals surface area (Å²) in [4.78, 5) is 11.8. The van der Waals surface area contributed by atoms with Crippen LogP contribution in [0.1, 0.15) is 22.3 Å². The molecule has 2 aromatic rings. The topological polar surface area (TPSA) is 59.9 Å². The molecule has 0 spiro atoms. The number of methoxy groups -OCH3 is 1. The number of ether oxygens (including phenoxy) is 2. The highest BCUT2D eigenvalue weighted by molar-refractivity contribution is 5.84. The van der Waals surface area contributed by atoms with Crippen LogP contribution >= 0.6 is 0 Å². The Morgan fingerprint density at radius 2 is 1.79 bits per heavy atom. The van der Waals surface area contributed by atoms with Crippen LogP contribution < -0.4 is 14.9 Å². The summed E-state index contributed by atoms with van der Waals surface area (Å²) >= 11 is 0. The third kappa shape index (κ3) is 4.35. The van der Waals surface area contributed by atoms with Crippen molar-refractivity contribution in [2.45, 2.75) is 20.8 Å². The van der Waals surface area contributed by atoms with E-state index < -0.39 is 0 Å². The van der Waals surface area contributed by atoms with Gasteiger partial charge in [0, 0.05) is 0 Å². The van der Waals surface area contributed by atoms with Crippen molar-refractivity contribution in [1.29, 1.82) is 0 Å². The van der Waals surface area contributed by atoms with Gasteiger partial charge in [0.2, 0.25) is 0 Å². The van der Waals surface area contributed by atoms with Gasteiger partial charge in [-0.1, -0.05) is 24.3 Å². The summed E-state index contributed by atoms with van der Waals surface area (Å²) in [5.74, 6) is 0.766. The largest absolute Gasteiger partial charge is 0.493 e. The number of amides is 1. The number of hydrogen-bond donors (Lipinski definition) is 1. The maximum Gasteiger partial charge on any atom is 0.277 e. The molecule has 0 fully saturated rings. The molecule has 1 amide bonds. The fourth-order valence-corrected chi connectivity index (χ4v) is 2.20. The van der Waals surface area contributed by atoms with Crippen LogP contribution in [0.2, 0.25) is 0 Å². The Labute approximate surface area is 142 Å². The average molecular weight is 326 g/mol. The van der Waals surface area contributed by atoms with E-state index in [1.54, 1.807) is 25.5 Å². The minimum absolute atomic E-state index is 0.135. The number of nitrogens with one attached hydrogen (secondary N) is 1. The van der Waals surface area contributed by atoms with Crippen molar-refractivity contribution in [1.82, 2.24) is 5.43 Å². The van der Waals surface area contributed by atoms with Crippen LogP contribution in [0.3, 0.4) is 0 Å². The highest BCUT2D eigenvalue weighted by Crippen LogP contribution is 2.25. The minimum atomic E-state index is -0.335.